The monoisotopic (exact) mass is 516 g/mol. The fourth-order valence-electron chi connectivity index (χ4n) is 6.02. The van der Waals surface area contributed by atoms with Gasteiger partial charge in [0.05, 0.1) is 29.7 Å². The van der Waals surface area contributed by atoms with Gasteiger partial charge in [-0.15, -0.1) is 6.58 Å². The van der Waals surface area contributed by atoms with Crippen LogP contribution in [0.1, 0.15) is 30.4 Å². The second-order valence-electron chi connectivity index (χ2n) is 9.70. The van der Waals surface area contributed by atoms with Crippen molar-refractivity contribution in [3.63, 3.8) is 0 Å². The van der Waals surface area contributed by atoms with E-state index in [1.165, 1.54) is 5.56 Å². The molecule has 0 aromatic heterocycles. The molecule has 4 rings (SSSR count). The largest absolute Gasteiger partial charge is 0.497 e. The molecule has 5 nitrogen and oxygen atoms in total. The number of nitrogens with zero attached hydrogens (tertiary/aromatic N) is 1. The number of nitrogens with one attached hydrogen (secondary N) is 1. The summed E-state index contributed by atoms with van der Waals surface area (Å²) in [6.07, 6.45) is 4.88. The predicted octanol–water partition coefficient (Wildman–Crippen LogP) is 5.28. The van der Waals surface area contributed by atoms with Crippen LogP contribution in [0.2, 0.25) is 10.0 Å². The SMILES string of the molecule is C=CCN1CCC2(c3cccc(OC)c3)C[C@@H](NC(=O)Cc3ccc(Cl)c(Cl)c3)CC(OC)C2C1. The van der Waals surface area contributed by atoms with Crippen LogP contribution < -0.4 is 10.1 Å². The summed E-state index contributed by atoms with van der Waals surface area (Å²) in [5.74, 6) is 1.13. The van der Waals surface area contributed by atoms with Crippen LogP contribution in [-0.2, 0) is 21.4 Å². The number of rotatable bonds is 8. The molecule has 1 saturated carbocycles. The van der Waals surface area contributed by atoms with Gasteiger partial charge >= 0.3 is 0 Å². The highest BCUT2D eigenvalue weighted by molar-refractivity contribution is 6.42. The van der Waals surface area contributed by atoms with Crippen LogP contribution >= 0.6 is 23.2 Å². The molecular formula is C28H34Cl2N2O3. The van der Waals surface area contributed by atoms with E-state index in [9.17, 15) is 4.79 Å². The number of hydrogen-bond acceptors (Lipinski definition) is 4. The lowest BCUT2D eigenvalue weighted by molar-refractivity contribution is -0.123. The van der Waals surface area contributed by atoms with Crippen molar-refractivity contribution in [3.05, 3.63) is 76.3 Å². The molecule has 35 heavy (non-hydrogen) atoms. The number of benzene rings is 2. The molecule has 2 aromatic carbocycles. The van der Waals surface area contributed by atoms with Gasteiger partial charge in [0.1, 0.15) is 5.75 Å². The number of methoxy groups -OCH3 is 2. The summed E-state index contributed by atoms with van der Waals surface area (Å²) in [5.41, 5.74) is 1.98. The average molecular weight is 517 g/mol. The first-order valence-corrected chi connectivity index (χ1v) is 12.9. The molecule has 1 saturated heterocycles. The lowest BCUT2D eigenvalue weighted by atomic mass is 9.57. The van der Waals surface area contributed by atoms with E-state index in [4.69, 9.17) is 32.7 Å². The maximum Gasteiger partial charge on any atom is 0.224 e. The highest BCUT2D eigenvalue weighted by Crippen LogP contribution is 2.50. The minimum atomic E-state index is -0.118. The zero-order valence-electron chi connectivity index (χ0n) is 20.4. The quantitative estimate of drug-likeness (QED) is 0.484. The van der Waals surface area contributed by atoms with Gasteiger partial charge in [-0.3, -0.25) is 9.69 Å². The molecule has 0 spiro atoms. The third-order valence-corrected chi connectivity index (χ3v) is 8.40. The Morgan fingerprint density at radius 3 is 2.77 bits per heavy atom. The minimum Gasteiger partial charge on any atom is -0.497 e. The van der Waals surface area contributed by atoms with Crippen molar-refractivity contribution < 1.29 is 14.3 Å². The standard InChI is InChI=1S/C28H34Cl2N2O3/c1-4-11-32-12-10-28(20-6-5-7-22(15-20)34-2)17-21(16-26(35-3)23(28)18-32)31-27(33)14-19-8-9-24(29)25(30)13-19/h4-9,13,15,21,23,26H,1,10-12,14,16-18H2,2-3H3,(H,31,33)/t21-,23?,26?,28?/m0/s1. The first-order chi connectivity index (χ1) is 16.9. The van der Waals surface area contributed by atoms with Crippen molar-refractivity contribution in [1.29, 1.82) is 0 Å². The Kier molecular flexibility index (Phi) is 8.43. The number of fused-ring (bicyclic) bond motifs is 1. The van der Waals surface area contributed by atoms with Crippen LogP contribution in [0.15, 0.2) is 55.1 Å². The fourth-order valence-corrected chi connectivity index (χ4v) is 6.34. The first kappa shape index (κ1) is 26.0. The Labute approximate surface area is 218 Å². The normalized spacial score (nSPS) is 26.6. The van der Waals surface area contributed by atoms with Crippen LogP contribution in [0, 0.1) is 5.92 Å². The highest BCUT2D eigenvalue weighted by atomic mass is 35.5. The molecule has 0 radical (unpaired) electrons. The molecule has 2 fully saturated rings. The van der Waals surface area contributed by atoms with Gasteiger partial charge in [-0.2, -0.15) is 0 Å². The molecule has 1 amide bonds. The van der Waals surface area contributed by atoms with Gasteiger partial charge in [0.25, 0.3) is 0 Å². The molecule has 188 valence electrons. The van der Waals surface area contributed by atoms with Gasteiger partial charge in [-0.1, -0.05) is 47.5 Å². The summed E-state index contributed by atoms with van der Waals surface area (Å²) < 4.78 is 11.6. The van der Waals surface area contributed by atoms with E-state index in [1.54, 1.807) is 26.4 Å². The third kappa shape index (κ3) is 5.69. The molecule has 4 atom stereocenters. The van der Waals surface area contributed by atoms with Gasteiger partial charge in [-0.25, -0.2) is 0 Å². The van der Waals surface area contributed by atoms with E-state index in [1.807, 2.05) is 18.2 Å². The van der Waals surface area contributed by atoms with Gasteiger partial charge in [-0.05, 0) is 61.2 Å². The topological polar surface area (TPSA) is 50.8 Å². The Balaban J connectivity index is 1.60. The summed E-state index contributed by atoms with van der Waals surface area (Å²) in [4.78, 5) is 15.5. The first-order valence-electron chi connectivity index (χ1n) is 12.1. The van der Waals surface area contributed by atoms with Crippen LogP contribution in [0.3, 0.4) is 0 Å². The Morgan fingerprint density at radius 2 is 2.06 bits per heavy atom. The van der Waals surface area contributed by atoms with Crippen molar-refractivity contribution in [3.8, 4) is 5.75 Å². The molecule has 2 aliphatic rings. The number of amides is 1. The number of likely N-dealkylation sites (tertiary alicyclic amines) is 1. The van der Waals surface area contributed by atoms with Gasteiger partial charge in [0.15, 0.2) is 0 Å². The predicted molar refractivity (Wildman–Crippen MR) is 142 cm³/mol. The van der Waals surface area contributed by atoms with E-state index in [0.717, 1.165) is 50.2 Å². The van der Waals surface area contributed by atoms with Crippen molar-refractivity contribution in [2.24, 2.45) is 5.92 Å². The van der Waals surface area contributed by atoms with Crippen LogP contribution in [-0.4, -0.2) is 56.8 Å². The van der Waals surface area contributed by atoms with E-state index in [2.05, 4.69) is 35.0 Å². The number of carbonyl (C=O) groups excluding carboxylic acids is 1. The maximum atomic E-state index is 13.0. The lowest BCUT2D eigenvalue weighted by Gasteiger charge is -2.55. The maximum absolute atomic E-state index is 13.0. The van der Waals surface area contributed by atoms with Crippen molar-refractivity contribution in [1.82, 2.24) is 10.2 Å². The second-order valence-corrected chi connectivity index (χ2v) is 10.5. The highest BCUT2D eigenvalue weighted by Gasteiger charge is 2.52. The average Bonchev–Trinajstić information content (AvgIpc) is 2.86. The smallest absolute Gasteiger partial charge is 0.224 e. The number of halogens is 2. The second kappa shape index (κ2) is 11.3. The molecule has 7 heteroatoms. The molecule has 3 unspecified atom stereocenters. The van der Waals surface area contributed by atoms with Crippen molar-refractivity contribution in [2.75, 3.05) is 33.9 Å². The summed E-state index contributed by atoms with van der Waals surface area (Å²) >= 11 is 12.2. The lowest BCUT2D eigenvalue weighted by Crippen LogP contribution is -2.61. The van der Waals surface area contributed by atoms with E-state index >= 15 is 0 Å². The van der Waals surface area contributed by atoms with Crippen molar-refractivity contribution in [2.45, 2.75) is 43.2 Å². The van der Waals surface area contributed by atoms with Crippen LogP contribution in [0.5, 0.6) is 5.75 Å². The zero-order valence-corrected chi connectivity index (χ0v) is 21.9. The molecule has 1 aliphatic carbocycles. The summed E-state index contributed by atoms with van der Waals surface area (Å²) in [6.45, 7) is 6.71. The Hall–Kier alpha value is -2.05. The zero-order chi connectivity index (χ0) is 25.0. The number of ether oxygens (including phenoxy) is 2. The van der Waals surface area contributed by atoms with Gasteiger partial charge in [0.2, 0.25) is 5.91 Å². The molecular weight excluding hydrogens is 483 g/mol. The van der Waals surface area contributed by atoms with E-state index in [0.29, 0.717) is 16.0 Å². The fraction of sp³-hybridized carbons (Fsp3) is 0.464. The molecule has 2 aromatic rings. The van der Waals surface area contributed by atoms with E-state index < -0.39 is 0 Å². The Morgan fingerprint density at radius 1 is 1.23 bits per heavy atom. The molecule has 0 bridgehead atoms. The molecule has 1 aliphatic heterocycles. The number of carbonyl (C=O) groups is 1. The molecule has 1 heterocycles. The van der Waals surface area contributed by atoms with Crippen LogP contribution in [0.25, 0.3) is 0 Å². The van der Waals surface area contributed by atoms with Crippen molar-refractivity contribution >= 4 is 29.1 Å². The summed E-state index contributed by atoms with van der Waals surface area (Å²) in [6, 6.07) is 13.7. The summed E-state index contributed by atoms with van der Waals surface area (Å²) in [7, 11) is 3.49. The number of hydrogen-bond donors (Lipinski definition) is 1. The Bertz CT molecular complexity index is 1060. The van der Waals surface area contributed by atoms with E-state index in [-0.39, 0.29) is 29.9 Å². The number of piperidine rings is 1. The summed E-state index contributed by atoms with van der Waals surface area (Å²) in [5, 5.41) is 4.25. The minimum absolute atomic E-state index is 0.00336. The van der Waals surface area contributed by atoms with Gasteiger partial charge in [0, 0.05) is 37.6 Å². The third-order valence-electron chi connectivity index (χ3n) is 7.66. The van der Waals surface area contributed by atoms with Crippen LogP contribution in [0.4, 0.5) is 0 Å². The molecule has 1 N–H and O–H groups in total. The van der Waals surface area contributed by atoms with Gasteiger partial charge < -0.3 is 14.8 Å².